The zero-order valence-corrected chi connectivity index (χ0v) is 19.7. The molecule has 1 aliphatic heterocycles. The van der Waals surface area contributed by atoms with Crippen molar-refractivity contribution in [3.63, 3.8) is 0 Å². The van der Waals surface area contributed by atoms with Gasteiger partial charge in [0.05, 0.1) is 43.8 Å². The smallest absolute Gasteiger partial charge is 0.271 e. The molecule has 5 rings (SSSR count). The lowest BCUT2D eigenvalue weighted by atomic mass is 10.1. The molecule has 1 saturated heterocycles. The first-order valence-electron chi connectivity index (χ1n) is 11.6. The highest BCUT2D eigenvalue weighted by atomic mass is 16.5. The van der Waals surface area contributed by atoms with Crippen molar-refractivity contribution < 1.29 is 23.6 Å². The largest absolute Gasteiger partial charge is 0.494 e. The number of nitrogens with one attached hydrogen (secondary N) is 2. The van der Waals surface area contributed by atoms with Gasteiger partial charge in [0, 0.05) is 25.1 Å². The van der Waals surface area contributed by atoms with Crippen LogP contribution in [0, 0.1) is 5.92 Å². The molecule has 4 N–H and O–H groups in total. The van der Waals surface area contributed by atoms with Crippen molar-refractivity contribution in [3.05, 3.63) is 35.8 Å². The molecule has 36 heavy (non-hydrogen) atoms. The predicted molar refractivity (Wildman–Crippen MR) is 128 cm³/mol. The van der Waals surface area contributed by atoms with Crippen LogP contribution < -0.4 is 21.1 Å². The van der Waals surface area contributed by atoms with E-state index in [4.69, 9.17) is 19.7 Å². The number of para-hydroxylation sites is 1. The van der Waals surface area contributed by atoms with Gasteiger partial charge >= 0.3 is 0 Å². The second kappa shape index (κ2) is 10.3. The van der Waals surface area contributed by atoms with Gasteiger partial charge < -0.3 is 30.4 Å². The third-order valence-corrected chi connectivity index (χ3v) is 5.88. The summed E-state index contributed by atoms with van der Waals surface area (Å²) in [7, 11) is 1.51. The summed E-state index contributed by atoms with van der Waals surface area (Å²) >= 11 is 0. The van der Waals surface area contributed by atoms with Gasteiger partial charge in [0.1, 0.15) is 0 Å². The first kappa shape index (κ1) is 23.6. The number of morpholine rings is 1. The Hall–Kier alpha value is -4.10. The number of hydrogen-bond donors (Lipinski definition) is 3. The van der Waals surface area contributed by atoms with Gasteiger partial charge in [-0.15, -0.1) is 10.2 Å². The molecule has 0 unspecified atom stereocenters. The SMILES string of the molecule is COc1c(Nc2cc(NC(=O)C3CC3)nnc2C(N)=O)cccc1-c1nc(CN2CCOCC2)no1. The highest BCUT2D eigenvalue weighted by molar-refractivity contribution is 5.99. The van der Waals surface area contributed by atoms with Crippen LogP contribution in [0.25, 0.3) is 11.5 Å². The maximum atomic E-state index is 12.1. The van der Waals surface area contributed by atoms with Crippen LogP contribution in [0.15, 0.2) is 28.8 Å². The molecule has 0 atom stereocenters. The van der Waals surface area contributed by atoms with Crippen LogP contribution in [0.5, 0.6) is 5.75 Å². The molecule has 13 heteroatoms. The number of ether oxygens (including phenoxy) is 2. The van der Waals surface area contributed by atoms with E-state index in [1.807, 2.05) is 0 Å². The number of methoxy groups -OCH3 is 1. The van der Waals surface area contributed by atoms with E-state index in [-0.39, 0.29) is 29.0 Å². The molecule has 3 heterocycles. The summed E-state index contributed by atoms with van der Waals surface area (Å²) in [6.45, 7) is 3.51. The van der Waals surface area contributed by atoms with Crippen LogP contribution >= 0.6 is 0 Å². The van der Waals surface area contributed by atoms with Gasteiger partial charge in [-0.25, -0.2) is 0 Å². The number of anilines is 3. The third kappa shape index (κ3) is 5.26. The molecule has 0 spiro atoms. The fourth-order valence-electron chi connectivity index (χ4n) is 3.86. The van der Waals surface area contributed by atoms with Crippen molar-refractivity contribution >= 4 is 29.0 Å². The van der Waals surface area contributed by atoms with E-state index in [2.05, 4.69) is 35.9 Å². The number of carbonyl (C=O) groups excluding carboxylic acids is 2. The van der Waals surface area contributed by atoms with Gasteiger partial charge in [0.25, 0.3) is 11.8 Å². The molecule has 13 nitrogen and oxygen atoms in total. The summed E-state index contributed by atoms with van der Waals surface area (Å²) in [5.74, 6) is 0.542. The molecule has 2 aromatic heterocycles. The molecule has 2 fully saturated rings. The highest BCUT2D eigenvalue weighted by Gasteiger charge is 2.30. The standard InChI is InChI=1S/C23H26N8O5/c1-34-20-14(23-27-18(30-36-23)12-31-7-9-35-10-8-31)3-2-4-15(20)25-16-11-17(26-22(33)13-5-6-13)28-29-19(16)21(24)32/h2-4,11,13H,5-10,12H2,1H3,(H2,24,32)(H2,25,26,28,33). The number of aromatic nitrogens is 4. The van der Waals surface area contributed by atoms with Crippen molar-refractivity contribution in [2.45, 2.75) is 19.4 Å². The van der Waals surface area contributed by atoms with E-state index in [0.717, 1.165) is 25.9 Å². The molecule has 2 aliphatic rings. The monoisotopic (exact) mass is 494 g/mol. The predicted octanol–water partition coefficient (Wildman–Crippen LogP) is 1.56. The Morgan fingerprint density at radius 2 is 2.00 bits per heavy atom. The number of nitrogens with two attached hydrogens (primary N) is 1. The summed E-state index contributed by atoms with van der Waals surface area (Å²) in [5, 5.41) is 17.8. The van der Waals surface area contributed by atoms with Gasteiger partial charge in [-0.3, -0.25) is 14.5 Å². The topological polar surface area (TPSA) is 171 Å². The molecular weight excluding hydrogens is 468 g/mol. The number of hydrogen-bond acceptors (Lipinski definition) is 11. The van der Waals surface area contributed by atoms with Crippen molar-refractivity contribution in [3.8, 4) is 17.2 Å². The molecule has 0 bridgehead atoms. The van der Waals surface area contributed by atoms with E-state index < -0.39 is 5.91 Å². The van der Waals surface area contributed by atoms with E-state index in [0.29, 0.717) is 48.5 Å². The number of carbonyl (C=O) groups is 2. The Morgan fingerprint density at radius 3 is 2.72 bits per heavy atom. The summed E-state index contributed by atoms with van der Waals surface area (Å²) in [5.41, 5.74) is 6.74. The molecule has 2 amide bonds. The average Bonchev–Trinajstić information content (AvgIpc) is 3.64. The van der Waals surface area contributed by atoms with Crippen molar-refractivity contribution in [2.75, 3.05) is 44.0 Å². The maximum absolute atomic E-state index is 12.1. The second-order valence-electron chi connectivity index (χ2n) is 8.54. The van der Waals surface area contributed by atoms with Crippen LogP contribution in [0.4, 0.5) is 17.2 Å². The summed E-state index contributed by atoms with van der Waals surface area (Å²) in [6.07, 6.45) is 1.69. The fraction of sp³-hybridized carbons (Fsp3) is 0.391. The minimum Gasteiger partial charge on any atom is -0.494 e. The summed E-state index contributed by atoms with van der Waals surface area (Å²) < 4.78 is 16.6. The Kier molecular flexibility index (Phi) is 6.73. The molecule has 1 aliphatic carbocycles. The number of benzene rings is 1. The summed E-state index contributed by atoms with van der Waals surface area (Å²) in [6, 6.07) is 6.82. The molecule has 0 radical (unpaired) electrons. The van der Waals surface area contributed by atoms with Crippen LogP contribution in [-0.2, 0) is 16.1 Å². The Bertz CT molecular complexity index is 1270. The Morgan fingerprint density at radius 1 is 1.19 bits per heavy atom. The van der Waals surface area contributed by atoms with Crippen molar-refractivity contribution in [1.82, 2.24) is 25.2 Å². The van der Waals surface area contributed by atoms with Crippen LogP contribution in [0.3, 0.4) is 0 Å². The lowest BCUT2D eigenvalue weighted by Crippen LogP contribution is -2.35. The van der Waals surface area contributed by atoms with E-state index in [1.165, 1.54) is 13.2 Å². The number of rotatable bonds is 9. The van der Waals surface area contributed by atoms with Crippen molar-refractivity contribution in [2.24, 2.45) is 11.7 Å². The van der Waals surface area contributed by atoms with Gasteiger partial charge in [-0.1, -0.05) is 11.2 Å². The Labute approximate surface area is 206 Å². The molecule has 3 aromatic rings. The molecule has 1 saturated carbocycles. The maximum Gasteiger partial charge on any atom is 0.271 e. The van der Waals surface area contributed by atoms with E-state index >= 15 is 0 Å². The van der Waals surface area contributed by atoms with Crippen LogP contribution in [0.2, 0.25) is 0 Å². The van der Waals surface area contributed by atoms with Gasteiger partial charge in [0.15, 0.2) is 23.1 Å². The third-order valence-electron chi connectivity index (χ3n) is 5.88. The van der Waals surface area contributed by atoms with Crippen LogP contribution in [-0.4, -0.2) is 70.5 Å². The molecule has 1 aromatic carbocycles. The number of primary amides is 1. The van der Waals surface area contributed by atoms with E-state index in [9.17, 15) is 9.59 Å². The number of nitrogens with zero attached hydrogens (tertiary/aromatic N) is 5. The minimum absolute atomic E-state index is 0.0154. The zero-order chi connectivity index (χ0) is 25.1. The first-order valence-corrected chi connectivity index (χ1v) is 11.6. The number of amides is 2. The van der Waals surface area contributed by atoms with Gasteiger partial charge in [-0.2, -0.15) is 4.98 Å². The van der Waals surface area contributed by atoms with Crippen LogP contribution in [0.1, 0.15) is 29.2 Å². The van der Waals surface area contributed by atoms with Gasteiger partial charge in [-0.05, 0) is 25.0 Å². The lowest BCUT2D eigenvalue weighted by molar-refractivity contribution is -0.117. The second-order valence-corrected chi connectivity index (χ2v) is 8.54. The Balaban J connectivity index is 1.41. The quantitative estimate of drug-likeness (QED) is 0.394. The lowest BCUT2D eigenvalue weighted by Gasteiger charge is -2.24. The molecule has 188 valence electrons. The van der Waals surface area contributed by atoms with E-state index in [1.54, 1.807) is 18.2 Å². The first-order chi connectivity index (χ1) is 17.5. The zero-order valence-electron chi connectivity index (χ0n) is 19.7. The fourth-order valence-corrected chi connectivity index (χ4v) is 3.86. The highest BCUT2D eigenvalue weighted by Crippen LogP contribution is 2.38. The minimum atomic E-state index is -0.773. The summed E-state index contributed by atoms with van der Waals surface area (Å²) in [4.78, 5) is 30.9. The normalized spacial score (nSPS) is 15.9. The van der Waals surface area contributed by atoms with Crippen molar-refractivity contribution in [1.29, 1.82) is 0 Å². The van der Waals surface area contributed by atoms with Gasteiger partial charge in [0.2, 0.25) is 5.91 Å². The molecular formula is C23H26N8O5. The average molecular weight is 495 g/mol.